The summed E-state index contributed by atoms with van der Waals surface area (Å²) in [7, 11) is 1.99. The van der Waals surface area contributed by atoms with E-state index in [0.29, 0.717) is 6.54 Å². The van der Waals surface area contributed by atoms with Gasteiger partial charge in [0.15, 0.2) is 12.4 Å². The van der Waals surface area contributed by atoms with Crippen LogP contribution in [0.3, 0.4) is 0 Å². The Hall–Kier alpha value is -0.890. The van der Waals surface area contributed by atoms with Crippen molar-refractivity contribution in [1.82, 2.24) is 0 Å². The van der Waals surface area contributed by atoms with Crippen LogP contribution in [0, 0.1) is 0 Å². The fourth-order valence-electron chi connectivity index (χ4n) is 0.771. The Kier molecular flexibility index (Phi) is 1.80. The van der Waals surface area contributed by atoms with Gasteiger partial charge in [0, 0.05) is 18.2 Å². The molecule has 1 rings (SSSR count). The van der Waals surface area contributed by atoms with Crippen LogP contribution >= 0.6 is 0 Å². The predicted octanol–water partition coefficient (Wildman–Crippen LogP) is -0.0302. The molecule has 1 aromatic rings. The van der Waals surface area contributed by atoms with Crippen molar-refractivity contribution in [2.45, 2.75) is 6.54 Å². The highest BCUT2D eigenvalue weighted by Gasteiger charge is 1.92. The van der Waals surface area contributed by atoms with Crippen molar-refractivity contribution in [2.24, 2.45) is 12.8 Å². The van der Waals surface area contributed by atoms with Crippen LogP contribution in [0.1, 0.15) is 5.56 Å². The smallest absolute Gasteiger partial charge is 0.173 e. The van der Waals surface area contributed by atoms with Crippen LogP contribution in [0.4, 0.5) is 0 Å². The van der Waals surface area contributed by atoms with Crippen molar-refractivity contribution in [3.8, 4) is 0 Å². The molecule has 0 saturated heterocycles. The molecule has 48 valence electrons. The van der Waals surface area contributed by atoms with Gasteiger partial charge in [-0.1, -0.05) is 0 Å². The summed E-state index contributed by atoms with van der Waals surface area (Å²) in [5.41, 5.74) is 6.57. The molecule has 0 aliphatic rings. The van der Waals surface area contributed by atoms with Gasteiger partial charge in [-0.3, -0.25) is 0 Å². The Labute approximate surface area is 54.9 Å². The molecule has 2 nitrogen and oxygen atoms in total. The lowest BCUT2D eigenvalue weighted by molar-refractivity contribution is -0.671. The number of hydrogen-bond acceptors (Lipinski definition) is 1. The molecule has 2 N–H and O–H groups in total. The van der Waals surface area contributed by atoms with E-state index in [4.69, 9.17) is 5.73 Å². The van der Waals surface area contributed by atoms with Gasteiger partial charge in [0.25, 0.3) is 0 Å². The summed E-state index contributed by atoms with van der Waals surface area (Å²) in [6.45, 7) is 0.620. The number of nitrogens with zero attached hydrogens (tertiary/aromatic N) is 1. The molecule has 0 aliphatic heterocycles. The van der Waals surface area contributed by atoms with E-state index in [1.807, 2.05) is 36.1 Å². The first-order valence-electron chi connectivity index (χ1n) is 2.97. The van der Waals surface area contributed by atoms with Gasteiger partial charge in [0.05, 0.1) is 0 Å². The maximum Gasteiger partial charge on any atom is 0.173 e. The molecule has 1 heterocycles. The number of nitrogens with two attached hydrogens (primary N) is 1. The molecule has 0 radical (unpaired) electrons. The number of hydrogen-bond donors (Lipinski definition) is 1. The van der Waals surface area contributed by atoms with E-state index in [2.05, 4.69) is 0 Å². The summed E-state index contributed by atoms with van der Waals surface area (Å²) < 4.78 is 1.99. The van der Waals surface area contributed by atoms with Crippen LogP contribution in [0.25, 0.3) is 0 Å². The fraction of sp³-hybridized carbons (Fsp3) is 0.286. The average molecular weight is 123 g/mol. The summed E-state index contributed by atoms with van der Waals surface area (Å²) >= 11 is 0. The maximum absolute atomic E-state index is 5.41. The van der Waals surface area contributed by atoms with Gasteiger partial charge in [-0.25, -0.2) is 4.57 Å². The minimum Gasteiger partial charge on any atom is -0.326 e. The van der Waals surface area contributed by atoms with Gasteiger partial charge in [0.1, 0.15) is 7.05 Å². The van der Waals surface area contributed by atoms with Crippen molar-refractivity contribution in [3.63, 3.8) is 0 Å². The Morgan fingerprint density at radius 3 is 2.89 bits per heavy atom. The second-order valence-corrected chi connectivity index (χ2v) is 2.08. The highest BCUT2D eigenvalue weighted by molar-refractivity contribution is 5.03. The van der Waals surface area contributed by atoms with Crippen LogP contribution in [0.5, 0.6) is 0 Å². The second-order valence-electron chi connectivity index (χ2n) is 2.08. The molecule has 0 atom stereocenters. The third-order valence-corrected chi connectivity index (χ3v) is 1.24. The van der Waals surface area contributed by atoms with Crippen LogP contribution < -0.4 is 10.3 Å². The minimum atomic E-state index is 0.620. The molecule has 0 aliphatic carbocycles. The summed E-state index contributed by atoms with van der Waals surface area (Å²) in [6.07, 6.45) is 4.00. The highest BCUT2D eigenvalue weighted by atomic mass is 14.9. The van der Waals surface area contributed by atoms with E-state index in [0.717, 1.165) is 0 Å². The number of aromatic nitrogens is 1. The second kappa shape index (κ2) is 2.60. The average Bonchev–Trinajstić information content (AvgIpc) is 1.88. The predicted molar refractivity (Wildman–Crippen MR) is 35.5 cm³/mol. The lowest BCUT2D eigenvalue weighted by Gasteiger charge is -1.90. The van der Waals surface area contributed by atoms with E-state index in [-0.39, 0.29) is 0 Å². The molecule has 0 spiro atoms. The van der Waals surface area contributed by atoms with Gasteiger partial charge in [-0.15, -0.1) is 0 Å². The van der Waals surface area contributed by atoms with Crippen molar-refractivity contribution >= 4 is 0 Å². The Morgan fingerprint density at radius 2 is 2.44 bits per heavy atom. The largest absolute Gasteiger partial charge is 0.326 e. The molecular weight excluding hydrogens is 112 g/mol. The third-order valence-electron chi connectivity index (χ3n) is 1.24. The Morgan fingerprint density at radius 1 is 1.67 bits per heavy atom. The standard InChI is InChI=1S/C7H11N2/c1-9-4-2-3-7(5-8)6-9/h2-4,6H,5,8H2,1H3/q+1. The zero-order valence-electron chi connectivity index (χ0n) is 5.54. The molecule has 0 bridgehead atoms. The van der Waals surface area contributed by atoms with Gasteiger partial charge in [-0.2, -0.15) is 0 Å². The third kappa shape index (κ3) is 1.50. The van der Waals surface area contributed by atoms with E-state index >= 15 is 0 Å². The number of pyridine rings is 1. The zero-order chi connectivity index (χ0) is 6.69. The molecule has 0 unspecified atom stereocenters. The normalized spacial score (nSPS) is 9.56. The summed E-state index contributed by atoms with van der Waals surface area (Å²) in [6, 6.07) is 4.00. The first kappa shape index (κ1) is 6.23. The van der Waals surface area contributed by atoms with Gasteiger partial charge in [0.2, 0.25) is 0 Å². The molecule has 0 amide bonds. The van der Waals surface area contributed by atoms with Crippen molar-refractivity contribution in [1.29, 1.82) is 0 Å². The topological polar surface area (TPSA) is 29.9 Å². The molecule has 0 fully saturated rings. The first-order valence-corrected chi connectivity index (χ1v) is 2.97. The monoisotopic (exact) mass is 123 g/mol. The maximum atomic E-state index is 5.41. The van der Waals surface area contributed by atoms with Gasteiger partial charge < -0.3 is 5.73 Å². The van der Waals surface area contributed by atoms with E-state index < -0.39 is 0 Å². The number of aryl methyl sites for hydroxylation is 1. The van der Waals surface area contributed by atoms with Crippen molar-refractivity contribution in [2.75, 3.05) is 0 Å². The quantitative estimate of drug-likeness (QED) is 0.522. The van der Waals surface area contributed by atoms with Gasteiger partial charge >= 0.3 is 0 Å². The molecule has 0 aromatic carbocycles. The van der Waals surface area contributed by atoms with Crippen molar-refractivity contribution < 1.29 is 4.57 Å². The lowest BCUT2D eigenvalue weighted by Crippen LogP contribution is -2.27. The summed E-state index contributed by atoms with van der Waals surface area (Å²) in [5, 5.41) is 0. The fourth-order valence-corrected chi connectivity index (χ4v) is 0.771. The van der Waals surface area contributed by atoms with Crippen LogP contribution in [-0.4, -0.2) is 0 Å². The molecule has 1 aromatic heterocycles. The van der Waals surface area contributed by atoms with E-state index in [1.165, 1.54) is 5.56 Å². The van der Waals surface area contributed by atoms with E-state index in [9.17, 15) is 0 Å². The van der Waals surface area contributed by atoms with E-state index in [1.54, 1.807) is 0 Å². The first-order chi connectivity index (χ1) is 4.33. The molecule has 2 heteroatoms. The van der Waals surface area contributed by atoms with Crippen LogP contribution in [0.15, 0.2) is 24.5 Å². The lowest BCUT2D eigenvalue weighted by atomic mass is 10.3. The Bertz CT molecular complexity index is 196. The summed E-state index contributed by atoms with van der Waals surface area (Å²) in [4.78, 5) is 0. The molecule has 9 heavy (non-hydrogen) atoms. The van der Waals surface area contributed by atoms with Crippen LogP contribution in [-0.2, 0) is 13.6 Å². The summed E-state index contributed by atoms with van der Waals surface area (Å²) in [5.74, 6) is 0. The van der Waals surface area contributed by atoms with Crippen LogP contribution in [0.2, 0.25) is 0 Å². The molecule has 0 saturated carbocycles. The van der Waals surface area contributed by atoms with Crippen molar-refractivity contribution in [3.05, 3.63) is 30.1 Å². The minimum absolute atomic E-state index is 0.620. The van der Waals surface area contributed by atoms with Gasteiger partial charge in [-0.05, 0) is 6.07 Å². The zero-order valence-corrected chi connectivity index (χ0v) is 5.54. The highest BCUT2D eigenvalue weighted by Crippen LogP contribution is 1.89. The number of rotatable bonds is 1. The SMILES string of the molecule is C[n+]1cccc(CN)c1. The molecular formula is C7H11N2+. The Balaban J connectivity index is 2.94.